The van der Waals surface area contributed by atoms with Gasteiger partial charge in [0.25, 0.3) is 0 Å². The molecule has 2 N–H and O–H groups in total. The Hall–Kier alpha value is -3.09. The van der Waals surface area contributed by atoms with Gasteiger partial charge in [-0.05, 0) is 37.1 Å². The normalized spacial score (nSPS) is 19.8. The van der Waals surface area contributed by atoms with Gasteiger partial charge >= 0.3 is 0 Å². The third-order valence-electron chi connectivity index (χ3n) is 5.49. The lowest BCUT2D eigenvalue weighted by atomic mass is 10.0. The Bertz CT molecular complexity index is 1250. The minimum atomic E-state index is -0.829. The van der Waals surface area contributed by atoms with Crippen molar-refractivity contribution in [2.24, 2.45) is 10.1 Å². The van der Waals surface area contributed by atoms with Crippen LogP contribution in [-0.2, 0) is 9.71 Å². The van der Waals surface area contributed by atoms with Crippen molar-refractivity contribution in [1.29, 1.82) is 0 Å². The first-order valence-electron chi connectivity index (χ1n) is 11.1. The van der Waals surface area contributed by atoms with E-state index in [1.807, 2.05) is 37.3 Å². The van der Waals surface area contributed by atoms with Crippen molar-refractivity contribution in [2.75, 3.05) is 24.7 Å². The predicted molar refractivity (Wildman–Crippen MR) is 134 cm³/mol. The number of guanidine groups is 1. The lowest BCUT2D eigenvalue weighted by Crippen LogP contribution is -2.42. The topological polar surface area (TPSA) is 87.0 Å². The number of rotatable bonds is 7. The molecule has 12 heteroatoms. The summed E-state index contributed by atoms with van der Waals surface area (Å²) in [6, 6.07) is 13.1. The van der Waals surface area contributed by atoms with Crippen LogP contribution in [-0.4, -0.2) is 40.9 Å². The number of anilines is 1. The van der Waals surface area contributed by atoms with Crippen LogP contribution in [0.2, 0.25) is 0 Å². The van der Waals surface area contributed by atoms with E-state index >= 15 is 0 Å². The highest BCUT2D eigenvalue weighted by Crippen LogP contribution is 2.52. The average Bonchev–Trinajstić information content (AvgIpc) is 3.49. The fourth-order valence-electron chi connectivity index (χ4n) is 3.83. The molecule has 2 aromatic carbocycles. The second-order valence-electron chi connectivity index (χ2n) is 7.91. The van der Waals surface area contributed by atoms with E-state index in [-0.39, 0.29) is 12.2 Å². The third-order valence-corrected chi connectivity index (χ3v) is 7.75. The monoisotopic (exact) mass is 515 g/mol. The maximum absolute atomic E-state index is 14.8. The Labute approximate surface area is 209 Å². The molecular weight excluding hydrogens is 492 g/mol. The second kappa shape index (κ2) is 10.3. The molecule has 0 bridgehead atoms. The standard InChI is InChI=1S/C23H23F2N7OS2/c1-15-28-29-22(34-15)32-23(16-6-3-2-4-7-16,10-13-33-31-21-26-11-5-12-27-21)35-20(30-32)18-14-17(24)8-9-19(18)25/h2-4,6-9,14H,5,10-13H2,1H3,(H2,26,27,31). The molecule has 35 heavy (non-hydrogen) atoms. The van der Waals surface area contributed by atoms with E-state index in [1.54, 1.807) is 5.01 Å². The summed E-state index contributed by atoms with van der Waals surface area (Å²) < 4.78 is 28.8. The molecule has 0 fully saturated rings. The summed E-state index contributed by atoms with van der Waals surface area (Å²) in [5.74, 6) is -0.484. The first kappa shape index (κ1) is 23.6. The fraction of sp³-hybridized carbons (Fsp3) is 0.304. The summed E-state index contributed by atoms with van der Waals surface area (Å²) in [6.45, 7) is 3.71. The third kappa shape index (κ3) is 5.00. The molecule has 2 aliphatic heterocycles. The first-order chi connectivity index (χ1) is 17.0. The molecule has 8 nitrogen and oxygen atoms in total. The Balaban J connectivity index is 1.50. The van der Waals surface area contributed by atoms with E-state index in [0.29, 0.717) is 22.6 Å². The van der Waals surface area contributed by atoms with Gasteiger partial charge in [0.2, 0.25) is 11.1 Å². The summed E-state index contributed by atoms with van der Waals surface area (Å²) in [5.41, 5.74) is 3.89. The SMILES string of the molecule is Cc1nnc(N2N=C(c3cc(F)ccc3F)SC2(CCONC2=NCCCN2)c2ccccc2)s1. The van der Waals surface area contributed by atoms with Crippen LogP contribution in [0.5, 0.6) is 0 Å². The van der Waals surface area contributed by atoms with Crippen LogP contribution in [0.15, 0.2) is 58.6 Å². The zero-order valence-electron chi connectivity index (χ0n) is 18.9. The molecule has 1 unspecified atom stereocenters. The summed E-state index contributed by atoms with van der Waals surface area (Å²) >= 11 is 2.72. The number of benzene rings is 2. The van der Waals surface area contributed by atoms with Crippen LogP contribution in [0.3, 0.4) is 0 Å². The van der Waals surface area contributed by atoms with Crippen molar-refractivity contribution in [1.82, 2.24) is 21.0 Å². The summed E-state index contributed by atoms with van der Waals surface area (Å²) in [4.78, 5) is 9.27. The largest absolute Gasteiger partial charge is 0.355 e. The van der Waals surface area contributed by atoms with E-state index in [2.05, 4.69) is 26.0 Å². The molecule has 3 aromatic rings. The maximum Gasteiger partial charge on any atom is 0.230 e. The van der Waals surface area contributed by atoms with Crippen molar-refractivity contribution in [3.63, 3.8) is 0 Å². The molecule has 0 amide bonds. The maximum atomic E-state index is 14.8. The van der Waals surface area contributed by atoms with Crippen LogP contribution in [0, 0.1) is 18.6 Å². The van der Waals surface area contributed by atoms with Crippen molar-refractivity contribution < 1.29 is 13.6 Å². The van der Waals surface area contributed by atoms with Gasteiger partial charge < -0.3 is 5.32 Å². The van der Waals surface area contributed by atoms with Crippen molar-refractivity contribution in [3.8, 4) is 0 Å². The van der Waals surface area contributed by atoms with E-state index in [0.717, 1.165) is 48.3 Å². The highest BCUT2D eigenvalue weighted by molar-refractivity contribution is 8.15. The number of nitrogens with zero attached hydrogens (tertiary/aromatic N) is 5. The molecule has 2 aliphatic rings. The predicted octanol–water partition coefficient (Wildman–Crippen LogP) is 4.15. The van der Waals surface area contributed by atoms with Gasteiger partial charge in [-0.3, -0.25) is 9.83 Å². The van der Waals surface area contributed by atoms with Crippen LogP contribution < -0.4 is 15.8 Å². The van der Waals surface area contributed by atoms with Gasteiger partial charge in [0.15, 0.2) is 0 Å². The van der Waals surface area contributed by atoms with Gasteiger partial charge in [0.05, 0.1) is 6.61 Å². The molecular formula is C23H23F2N7OS2. The van der Waals surface area contributed by atoms with Crippen LogP contribution in [0.1, 0.15) is 29.0 Å². The number of aryl methyl sites for hydroxylation is 1. The van der Waals surface area contributed by atoms with E-state index in [1.165, 1.54) is 23.1 Å². The van der Waals surface area contributed by atoms with Gasteiger partial charge in [-0.2, -0.15) is 5.10 Å². The van der Waals surface area contributed by atoms with Crippen LogP contribution in [0.4, 0.5) is 13.9 Å². The molecule has 1 atom stereocenters. The molecule has 0 aliphatic carbocycles. The van der Waals surface area contributed by atoms with Crippen molar-refractivity contribution >= 4 is 39.2 Å². The van der Waals surface area contributed by atoms with Crippen LogP contribution >= 0.6 is 23.1 Å². The number of nitrogens with one attached hydrogen (secondary N) is 2. The van der Waals surface area contributed by atoms with E-state index < -0.39 is 16.5 Å². The number of hydrogen-bond acceptors (Lipinski definition) is 10. The zero-order valence-corrected chi connectivity index (χ0v) is 20.5. The lowest BCUT2D eigenvalue weighted by molar-refractivity contribution is 0.0736. The molecule has 5 rings (SSSR count). The van der Waals surface area contributed by atoms with Gasteiger partial charge in [-0.15, -0.1) is 10.2 Å². The molecule has 0 saturated heterocycles. The average molecular weight is 516 g/mol. The smallest absolute Gasteiger partial charge is 0.230 e. The Morgan fingerprint density at radius 2 is 2.03 bits per heavy atom. The minimum absolute atomic E-state index is 0.0962. The highest BCUT2D eigenvalue weighted by Gasteiger charge is 2.48. The van der Waals surface area contributed by atoms with Crippen molar-refractivity contribution in [2.45, 2.75) is 24.6 Å². The van der Waals surface area contributed by atoms with Gasteiger partial charge in [-0.25, -0.2) is 19.3 Å². The van der Waals surface area contributed by atoms with E-state index in [4.69, 9.17) is 9.94 Å². The summed E-state index contributed by atoms with van der Waals surface area (Å²) in [6.07, 6.45) is 1.43. The van der Waals surface area contributed by atoms with Crippen molar-refractivity contribution in [3.05, 3.63) is 76.3 Å². The number of halogens is 2. The Morgan fingerprint density at radius 1 is 1.17 bits per heavy atom. The number of hydroxylamine groups is 1. The molecule has 182 valence electrons. The van der Waals surface area contributed by atoms with Gasteiger partial charge in [0, 0.05) is 25.1 Å². The van der Waals surface area contributed by atoms with Gasteiger partial charge in [0.1, 0.15) is 26.6 Å². The zero-order chi connectivity index (χ0) is 24.3. The Kier molecular flexibility index (Phi) is 6.93. The van der Waals surface area contributed by atoms with Gasteiger partial charge in [-0.1, -0.05) is 53.4 Å². The molecule has 0 saturated carbocycles. The first-order valence-corrected chi connectivity index (χ1v) is 12.7. The summed E-state index contributed by atoms with van der Waals surface area (Å²) in [7, 11) is 0. The fourth-order valence-corrected chi connectivity index (χ4v) is 5.96. The molecule has 1 aromatic heterocycles. The summed E-state index contributed by atoms with van der Waals surface area (Å²) in [5, 5.41) is 19.8. The minimum Gasteiger partial charge on any atom is -0.355 e. The van der Waals surface area contributed by atoms with Crippen LogP contribution in [0.25, 0.3) is 0 Å². The Morgan fingerprint density at radius 3 is 2.77 bits per heavy atom. The lowest BCUT2D eigenvalue weighted by Gasteiger charge is -2.35. The molecule has 0 spiro atoms. The number of aromatic nitrogens is 2. The second-order valence-corrected chi connectivity index (χ2v) is 10.3. The number of hydrazone groups is 1. The molecule has 3 heterocycles. The number of thioether (sulfide) groups is 1. The van der Waals surface area contributed by atoms with E-state index in [9.17, 15) is 8.78 Å². The number of aliphatic imine (C=N–C) groups is 1. The number of hydrogen-bond donors (Lipinski definition) is 2. The highest BCUT2D eigenvalue weighted by atomic mass is 32.2. The molecule has 0 radical (unpaired) electrons. The quantitative estimate of drug-likeness (QED) is 0.361.